The van der Waals surface area contributed by atoms with Crippen LogP contribution in [0.3, 0.4) is 0 Å². The van der Waals surface area contributed by atoms with Crippen molar-refractivity contribution in [2.45, 2.75) is 0 Å². The first kappa shape index (κ1) is 29.1. The summed E-state index contributed by atoms with van der Waals surface area (Å²) in [6, 6.07) is 55.4. The first-order chi connectivity index (χ1) is 24.6. The van der Waals surface area contributed by atoms with Gasteiger partial charge >= 0.3 is 0 Å². The van der Waals surface area contributed by atoms with Gasteiger partial charge in [0.15, 0.2) is 0 Å². The van der Waals surface area contributed by atoms with Gasteiger partial charge in [-0.2, -0.15) is 5.26 Å². The summed E-state index contributed by atoms with van der Waals surface area (Å²) in [5, 5.41) is 11.5. The van der Waals surface area contributed by atoms with Crippen molar-refractivity contribution in [2.75, 3.05) is 4.90 Å². The van der Waals surface area contributed by atoms with Gasteiger partial charge in [0.05, 0.1) is 45.2 Å². The Bertz CT molecular complexity index is 2630. The summed E-state index contributed by atoms with van der Waals surface area (Å²) in [6.45, 7) is 0. The summed E-state index contributed by atoms with van der Waals surface area (Å²) < 4.78 is 2.04. The molecule has 50 heavy (non-hydrogen) atoms. The maximum Gasteiger partial charge on any atom is 0.268 e. The molecule has 0 atom stereocenters. The third-order valence-electron chi connectivity index (χ3n) is 9.55. The van der Waals surface area contributed by atoms with Crippen molar-refractivity contribution in [2.24, 2.45) is 0 Å². The predicted octanol–water partition coefficient (Wildman–Crippen LogP) is 10.5. The van der Waals surface area contributed by atoms with Gasteiger partial charge in [0.25, 0.3) is 11.8 Å². The lowest BCUT2D eigenvalue weighted by Crippen LogP contribution is -2.30. The monoisotopic (exact) mass is 641 g/mol. The van der Waals surface area contributed by atoms with Gasteiger partial charge in [-0.15, -0.1) is 0 Å². The van der Waals surface area contributed by atoms with Crippen molar-refractivity contribution in [1.82, 2.24) is 4.57 Å². The van der Waals surface area contributed by atoms with Crippen LogP contribution in [0.15, 0.2) is 164 Å². The summed E-state index contributed by atoms with van der Waals surface area (Å²) in [6.07, 6.45) is 0. The second-order valence-corrected chi connectivity index (χ2v) is 12.4. The van der Waals surface area contributed by atoms with Crippen LogP contribution in [-0.2, 0) is 0 Å². The lowest BCUT2D eigenvalue weighted by atomic mass is 9.90. The average molecular weight is 642 g/mol. The molecule has 1 aliphatic heterocycles. The zero-order valence-corrected chi connectivity index (χ0v) is 26.7. The smallest absolute Gasteiger partial charge is 0.268 e. The number of carbonyl (C=O) groups is 2. The molecule has 0 fully saturated rings. The van der Waals surface area contributed by atoms with Gasteiger partial charge in [-0.25, -0.2) is 4.90 Å². The third kappa shape index (κ3) is 4.47. The van der Waals surface area contributed by atoms with Crippen molar-refractivity contribution in [3.63, 3.8) is 0 Å². The van der Waals surface area contributed by atoms with Gasteiger partial charge in [0.2, 0.25) is 0 Å². The fraction of sp³-hybridized carbons (Fsp3) is 0. The molecule has 2 amide bonds. The number of fused-ring (bicyclic) bond motifs is 4. The van der Waals surface area contributed by atoms with Crippen LogP contribution < -0.4 is 4.90 Å². The molecule has 234 valence electrons. The molecule has 0 N–H and O–H groups in total. The van der Waals surface area contributed by atoms with E-state index in [0.717, 1.165) is 55.2 Å². The van der Waals surface area contributed by atoms with E-state index in [4.69, 9.17) is 0 Å². The van der Waals surface area contributed by atoms with Gasteiger partial charge in [-0.3, -0.25) is 9.59 Å². The summed E-state index contributed by atoms with van der Waals surface area (Å²) in [5.74, 6) is -0.761. The van der Waals surface area contributed by atoms with E-state index in [1.165, 1.54) is 4.90 Å². The van der Waals surface area contributed by atoms with Crippen LogP contribution in [0.5, 0.6) is 0 Å². The fourth-order valence-electron chi connectivity index (χ4n) is 7.31. The molecule has 2 heterocycles. The van der Waals surface area contributed by atoms with Crippen LogP contribution in [0.25, 0.3) is 60.9 Å². The molecule has 0 unspecified atom stereocenters. The van der Waals surface area contributed by atoms with E-state index in [2.05, 4.69) is 30.3 Å². The highest BCUT2D eigenvalue weighted by Gasteiger charge is 2.41. The maximum atomic E-state index is 15.1. The molecule has 1 aliphatic rings. The number of para-hydroxylation sites is 1. The number of benzene rings is 7. The average Bonchev–Trinajstić information content (AvgIpc) is 3.65. The molecule has 1 aromatic heterocycles. The van der Waals surface area contributed by atoms with Crippen LogP contribution >= 0.6 is 0 Å². The van der Waals surface area contributed by atoms with Crippen molar-refractivity contribution in [1.29, 1.82) is 5.26 Å². The summed E-state index contributed by atoms with van der Waals surface area (Å²) in [7, 11) is 0. The van der Waals surface area contributed by atoms with Crippen LogP contribution in [-0.4, -0.2) is 16.4 Å². The van der Waals surface area contributed by atoms with E-state index in [9.17, 15) is 10.1 Å². The van der Waals surface area contributed by atoms with Crippen molar-refractivity contribution < 1.29 is 9.59 Å². The first-order valence-corrected chi connectivity index (χ1v) is 16.4. The Kier molecular flexibility index (Phi) is 6.75. The molecule has 0 saturated carbocycles. The molecule has 0 radical (unpaired) electrons. The SMILES string of the molecule is N#Cc1ccc2c(c1)c1ccccc1n2-c1cccc2c1C(=O)N(c1c(-c3ccccc3)cc(-c3ccccc3)cc1-c1ccccc1)C2=O. The number of nitrogens with zero attached hydrogens (tertiary/aromatic N) is 3. The van der Waals surface area contributed by atoms with E-state index in [0.29, 0.717) is 28.1 Å². The molecule has 5 heteroatoms. The van der Waals surface area contributed by atoms with E-state index in [-0.39, 0.29) is 11.8 Å². The van der Waals surface area contributed by atoms with Gasteiger partial charge in [-0.1, -0.05) is 115 Å². The zero-order valence-electron chi connectivity index (χ0n) is 26.7. The van der Waals surface area contributed by atoms with Crippen LogP contribution in [0.2, 0.25) is 0 Å². The number of anilines is 1. The highest BCUT2D eigenvalue weighted by Crippen LogP contribution is 2.47. The van der Waals surface area contributed by atoms with E-state index >= 15 is 4.79 Å². The largest absolute Gasteiger partial charge is 0.308 e. The second-order valence-electron chi connectivity index (χ2n) is 12.4. The highest BCUT2D eigenvalue weighted by molar-refractivity contribution is 6.37. The number of carbonyl (C=O) groups excluding carboxylic acids is 2. The number of aromatic nitrogens is 1. The second kappa shape index (κ2) is 11.6. The highest BCUT2D eigenvalue weighted by atomic mass is 16.2. The number of imide groups is 1. The number of amides is 2. The van der Waals surface area contributed by atoms with Gasteiger partial charge in [-0.05, 0) is 70.8 Å². The van der Waals surface area contributed by atoms with Crippen LogP contribution in [0.4, 0.5) is 5.69 Å². The molecular weight excluding hydrogens is 615 g/mol. The molecular formula is C45H27N3O2. The van der Waals surface area contributed by atoms with E-state index in [1.807, 2.05) is 132 Å². The van der Waals surface area contributed by atoms with Crippen molar-refractivity contribution >= 4 is 39.3 Å². The maximum absolute atomic E-state index is 15.1. The molecule has 0 saturated heterocycles. The molecule has 7 aromatic carbocycles. The Morgan fingerprint density at radius 1 is 0.460 bits per heavy atom. The van der Waals surface area contributed by atoms with E-state index in [1.54, 1.807) is 12.1 Å². The Labute approximate surface area is 288 Å². The Balaban J connectivity index is 1.32. The summed E-state index contributed by atoms with van der Waals surface area (Å²) >= 11 is 0. The van der Waals surface area contributed by atoms with Crippen LogP contribution in [0, 0.1) is 11.3 Å². The lowest BCUT2D eigenvalue weighted by molar-refractivity contribution is 0.0926. The normalized spacial score (nSPS) is 12.4. The zero-order chi connectivity index (χ0) is 33.8. The molecule has 0 aliphatic carbocycles. The molecule has 8 aromatic rings. The first-order valence-electron chi connectivity index (χ1n) is 16.4. The van der Waals surface area contributed by atoms with Gasteiger partial charge in [0, 0.05) is 21.9 Å². The third-order valence-corrected chi connectivity index (χ3v) is 9.55. The Morgan fingerprint density at radius 3 is 1.68 bits per heavy atom. The van der Waals surface area contributed by atoms with Crippen LogP contribution in [0.1, 0.15) is 26.3 Å². The molecule has 0 spiro atoms. The minimum atomic E-state index is -0.387. The summed E-state index contributed by atoms with van der Waals surface area (Å²) in [5.41, 5.74) is 9.48. The number of hydrogen-bond acceptors (Lipinski definition) is 3. The lowest BCUT2D eigenvalue weighted by Gasteiger charge is -2.24. The number of hydrogen-bond donors (Lipinski definition) is 0. The number of rotatable bonds is 5. The van der Waals surface area contributed by atoms with E-state index < -0.39 is 0 Å². The predicted molar refractivity (Wildman–Crippen MR) is 199 cm³/mol. The Hall–Kier alpha value is -7.03. The minimum absolute atomic E-state index is 0.342. The summed E-state index contributed by atoms with van der Waals surface area (Å²) in [4.78, 5) is 31.2. The quantitative estimate of drug-likeness (QED) is 0.176. The fourth-order valence-corrected chi connectivity index (χ4v) is 7.31. The number of nitriles is 1. The topological polar surface area (TPSA) is 66.1 Å². The Morgan fingerprint density at radius 2 is 1.04 bits per heavy atom. The molecule has 5 nitrogen and oxygen atoms in total. The van der Waals surface area contributed by atoms with Crippen molar-refractivity contribution in [3.8, 4) is 45.1 Å². The van der Waals surface area contributed by atoms with Gasteiger partial charge < -0.3 is 4.57 Å². The van der Waals surface area contributed by atoms with Crippen molar-refractivity contribution in [3.05, 3.63) is 180 Å². The standard InChI is InChI=1S/C45H27N3O2/c46-28-29-23-24-40-38(25-29)34-19-10-11-21-39(34)47(40)41-22-12-20-35-42(41)45(50)48(44(35)49)43-36(31-15-6-2-7-16-31)26-33(30-13-4-1-5-14-30)27-37(43)32-17-8-3-9-18-32/h1-27H. The van der Waals surface area contributed by atoms with Gasteiger partial charge in [0.1, 0.15) is 0 Å². The molecule has 9 rings (SSSR count). The molecule has 0 bridgehead atoms. The minimum Gasteiger partial charge on any atom is -0.308 e.